The Bertz CT molecular complexity index is 907. The molecule has 0 spiro atoms. The second-order valence-corrected chi connectivity index (χ2v) is 7.33. The van der Waals surface area contributed by atoms with Crippen molar-refractivity contribution in [1.82, 2.24) is 10.3 Å². The second-order valence-electron chi connectivity index (χ2n) is 7.33. The van der Waals surface area contributed by atoms with Crippen molar-refractivity contribution >= 4 is 6.09 Å². The van der Waals surface area contributed by atoms with Crippen LogP contribution in [0.1, 0.15) is 41.8 Å². The highest BCUT2D eigenvalue weighted by Gasteiger charge is 2.18. The molecule has 4 N–H and O–H groups in total. The molecule has 0 heterocycles. The Hall–Kier alpha value is -3.19. The molecular formula is C25H29N3O3. The highest BCUT2D eigenvalue weighted by atomic mass is 16.5. The Balaban J connectivity index is 1.53. The van der Waals surface area contributed by atoms with E-state index in [9.17, 15) is 9.90 Å². The van der Waals surface area contributed by atoms with Gasteiger partial charge in [0, 0.05) is 6.54 Å². The summed E-state index contributed by atoms with van der Waals surface area (Å²) in [5.74, 6) is 6.06. The maximum Gasteiger partial charge on any atom is 0.407 e. The zero-order chi connectivity index (χ0) is 21.9. The molecule has 1 amide bonds. The van der Waals surface area contributed by atoms with E-state index in [0.29, 0.717) is 19.4 Å². The molecule has 31 heavy (non-hydrogen) atoms. The van der Waals surface area contributed by atoms with Gasteiger partial charge in [0.15, 0.2) is 0 Å². The Morgan fingerprint density at radius 1 is 0.903 bits per heavy atom. The van der Waals surface area contributed by atoms with Gasteiger partial charge >= 0.3 is 6.09 Å². The van der Waals surface area contributed by atoms with Crippen LogP contribution in [-0.2, 0) is 11.3 Å². The van der Waals surface area contributed by atoms with Gasteiger partial charge in [-0.2, -0.15) is 0 Å². The van der Waals surface area contributed by atoms with E-state index in [4.69, 9.17) is 10.6 Å². The molecule has 6 nitrogen and oxygen atoms in total. The molecule has 2 unspecified atom stereocenters. The summed E-state index contributed by atoms with van der Waals surface area (Å²) >= 11 is 0. The van der Waals surface area contributed by atoms with E-state index >= 15 is 0 Å². The van der Waals surface area contributed by atoms with Gasteiger partial charge in [-0.15, -0.1) is 0 Å². The minimum absolute atomic E-state index is 0.216. The van der Waals surface area contributed by atoms with E-state index in [-0.39, 0.29) is 12.6 Å². The fraction of sp³-hybridized carbons (Fsp3) is 0.240. The molecule has 0 saturated heterocycles. The molecule has 0 aromatic heterocycles. The lowest BCUT2D eigenvalue weighted by Gasteiger charge is -2.25. The largest absolute Gasteiger partial charge is 0.445 e. The van der Waals surface area contributed by atoms with Gasteiger partial charge < -0.3 is 15.2 Å². The summed E-state index contributed by atoms with van der Waals surface area (Å²) in [6, 6.07) is 28.4. The van der Waals surface area contributed by atoms with Crippen LogP contribution in [0.4, 0.5) is 4.79 Å². The average molecular weight is 420 g/mol. The molecule has 0 saturated carbocycles. The summed E-state index contributed by atoms with van der Waals surface area (Å²) in [5.41, 5.74) is 2.67. The van der Waals surface area contributed by atoms with E-state index in [1.54, 1.807) is 0 Å². The standard InChI is InChI=1S/C25H29N3O3/c26-28(24(29)22-15-8-3-9-16-22)18-10-17-23(21-13-6-2-7-14-21)27-25(30)31-19-20-11-4-1-5-12-20/h1-9,11-16,23-24,29H,10,17-19,26H2,(H,27,30). The SMILES string of the molecule is NN(CCCC(NC(=O)OCc1ccccc1)c1ccccc1)C(O)c1ccccc1. The predicted molar refractivity (Wildman–Crippen MR) is 120 cm³/mol. The topological polar surface area (TPSA) is 87.8 Å². The zero-order valence-electron chi connectivity index (χ0n) is 17.4. The number of carbonyl (C=O) groups is 1. The summed E-state index contributed by atoms with van der Waals surface area (Å²) in [6.45, 7) is 0.689. The van der Waals surface area contributed by atoms with Crippen LogP contribution >= 0.6 is 0 Å². The van der Waals surface area contributed by atoms with E-state index in [2.05, 4.69) is 5.32 Å². The van der Waals surface area contributed by atoms with Crippen LogP contribution in [0.5, 0.6) is 0 Å². The molecule has 162 valence electrons. The van der Waals surface area contributed by atoms with Gasteiger partial charge in [0.05, 0.1) is 6.04 Å². The van der Waals surface area contributed by atoms with E-state index < -0.39 is 12.3 Å². The number of hydrazine groups is 1. The Morgan fingerprint density at radius 2 is 1.45 bits per heavy atom. The first kappa shape index (κ1) is 22.5. The smallest absolute Gasteiger partial charge is 0.407 e. The summed E-state index contributed by atoms with van der Waals surface area (Å²) in [5, 5.41) is 14.8. The number of ether oxygens (including phenoxy) is 1. The molecule has 0 aliphatic rings. The van der Waals surface area contributed by atoms with Crippen molar-refractivity contribution in [3.8, 4) is 0 Å². The van der Waals surface area contributed by atoms with Gasteiger partial charge in [0.1, 0.15) is 12.8 Å². The number of rotatable bonds is 10. The third kappa shape index (κ3) is 7.22. The van der Waals surface area contributed by atoms with Crippen LogP contribution in [0.2, 0.25) is 0 Å². The molecule has 3 aromatic carbocycles. The van der Waals surface area contributed by atoms with E-state index in [0.717, 1.165) is 16.7 Å². The van der Waals surface area contributed by atoms with Gasteiger partial charge in [0.2, 0.25) is 0 Å². The first-order chi connectivity index (χ1) is 15.1. The number of alkyl carbamates (subject to hydrolysis) is 1. The fourth-order valence-corrected chi connectivity index (χ4v) is 3.33. The Morgan fingerprint density at radius 3 is 2.06 bits per heavy atom. The fourth-order valence-electron chi connectivity index (χ4n) is 3.33. The minimum atomic E-state index is -0.875. The van der Waals surface area contributed by atoms with E-state index in [1.807, 2.05) is 91.0 Å². The van der Waals surface area contributed by atoms with Crippen molar-refractivity contribution in [1.29, 1.82) is 0 Å². The maximum atomic E-state index is 12.4. The molecule has 3 aromatic rings. The number of nitrogens with one attached hydrogen (secondary N) is 1. The number of hydrogen-bond donors (Lipinski definition) is 3. The van der Waals surface area contributed by atoms with Crippen molar-refractivity contribution in [3.63, 3.8) is 0 Å². The lowest BCUT2D eigenvalue weighted by Crippen LogP contribution is -2.36. The number of aliphatic hydroxyl groups is 1. The number of hydrogen-bond acceptors (Lipinski definition) is 5. The zero-order valence-corrected chi connectivity index (χ0v) is 17.4. The number of amides is 1. The van der Waals surface area contributed by atoms with Gasteiger partial charge in [-0.1, -0.05) is 91.0 Å². The summed E-state index contributed by atoms with van der Waals surface area (Å²) in [4.78, 5) is 12.4. The second kappa shape index (κ2) is 11.9. The van der Waals surface area contributed by atoms with Crippen LogP contribution in [0.25, 0.3) is 0 Å². The van der Waals surface area contributed by atoms with Crippen LogP contribution in [0.15, 0.2) is 91.0 Å². The number of aliphatic hydroxyl groups excluding tert-OH is 1. The number of nitrogens with two attached hydrogens (primary N) is 1. The van der Waals surface area contributed by atoms with Crippen LogP contribution in [0, 0.1) is 0 Å². The Labute approximate surface area is 183 Å². The predicted octanol–water partition coefficient (Wildman–Crippen LogP) is 4.30. The molecule has 0 fully saturated rings. The monoisotopic (exact) mass is 419 g/mol. The summed E-state index contributed by atoms with van der Waals surface area (Å²) < 4.78 is 5.38. The minimum Gasteiger partial charge on any atom is -0.445 e. The van der Waals surface area contributed by atoms with Gasteiger partial charge in [0.25, 0.3) is 0 Å². The van der Waals surface area contributed by atoms with Crippen molar-refractivity contribution in [2.75, 3.05) is 6.54 Å². The van der Waals surface area contributed by atoms with Crippen molar-refractivity contribution < 1.29 is 14.6 Å². The third-order valence-electron chi connectivity index (χ3n) is 5.03. The lowest BCUT2D eigenvalue weighted by atomic mass is 10.0. The summed E-state index contributed by atoms with van der Waals surface area (Å²) in [6.07, 6.45) is -0.00900. The molecule has 0 aliphatic heterocycles. The quantitative estimate of drug-likeness (QED) is 0.259. The number of carbonyl (C=O) groups excluding carboxylic acids is 1. The summed E-state index contributed by atoms with van der Waals surface area (Å²) in [7, 11) is 0. The van der Waals surface area contributed by atoms with Gasteiger partial charge in [-0.05, 0) is 29.5 Å². The lowest BCUT2D eigenvalue weighted by molar-refractivity contribution is -0.000732. The average Bonchev–Trinajstić information content (AvgIpc) is 2.83. The number of benzene rings is 3. The van der Waals surface area contributed by atoms with Gasteiger partial charge in [-0.3, -0.25) is 5.84 Å². The van der Waals surface area contributed by atoms with Crippen molar-refractivity contribution in [3.05, 3.63) is 108 Å². The molecule has 3 rings (SSSR count). The molecular weight excluding hydrogens is 390 g/mol. The van der Waals surface area contributed by atoms with E-state index in [1.165, 1.54) is 5.01 Å². The normalized spacial score (nSPS) is 12.9. The first-order valence-electron chi connectivity index (χ1n) is 10.4. The molecule has 0 radical (unpaired) electrons. The molecule has 6 heteroatoms. The van der Waals surface area contributed by atoms with Crippen LogP contribution in [0.3, 0.4) is 0 Å². The first-order valence-corrected chi connectivity index (χ1v) is 10.4. The highest BCUT2D eigenvalue weighted by Crippen LogP contribution is 2.20. The highest BCUT2D eigenvalue weighted by molar-refractivity contribution is 5.68. The Kier molecular flexibility index (Phi) is 8.60. The van der Waals surface area contributed by atoms with Crippen molar-refractivity contribution in [2.45, 2.75) is 31.7 Å². The molecule has 2 atom stereocenters. The van der Waals surface area contributed by atoms with Crippen molar-refractivity contribution in [2.24, 2.45) is 5.84 Å². The molecule has 0 aliphatic carbocycles. The third-order valence-corrected chi connectivity index (χ3v) is 5.03. The van der Waals surface area contributed by atoms with Crippen LogP contribution in [-0.4, -0.2) is 22.8 Å². The number of nitrogens with zero attached hydrogens (tertiary/aromatic N) is 1. The molecule has 0 bridgehead atoms. The maximum absolute atomic E-state index is 12.4. The van der Waals surface area contributed by atoms with Crippen LogP contribution < -0.4 is 11.2 Å². The van der Waals surface area contributed by atoms with Gasteiger partial charge in [-0.25, -0.2) is 9.80 Å².